The molecule has 18 heavy (non-hydrogen) atoms. The number of aliphatic hydroxyl groups is 1. The minimum Gasteiger partial charge on any atom is -0.394 e. The van der Waals surface area contributed by atoms with Crippen LogP contribution in [0.3, 0.4) is 0 Å². The Hall–Kier alpha value is -1.24. The van der Waals surface area contributed by atoms with Gasteiger partial charge >= 0.3 is 6.18 Å². The molecule has 1 rings (SSSR count). The highest BCUT2D eigenvalue weighted by atomic mass is 19.4. The number of rotatable bonds is 5. The van der Waals surface area contributed by atoms with Crippen molar-refractivity contribution in [3.63, 3.8) is 0 Å². The van der Waals surface area contributed by atoms with E-state index in [4.69, 9.17) is 5.11 Å². The van der Waals surface area contributed by atoms with E-state index in [2.05, 4.69) is 10.4 Å². The molecule has 1 aromatic heterocycles. The Labute approximate surface area is 104 Å². The highest BCUT2D eigenvalue weighted by Gasteiger charge is 2.30. The maximum absolute atomic E-state index is 12.3. The number of aryl methyl sites for hydroxylation is 1. The van der Waals surface area contributed by atoms with E-state index in [1.165, 1.54) is 11.6 Å². The predicted molar refractivity (Wildman–Crippen MR) is 62.5 cm³/mol. The lowest BCUT2D eigenvalue weighted by molar-refractivity contribution is -0.136. The molecular formula is C11H18F3N3O. The number of halogens is 3. The average Bonchev–Trinajstić information content (AvgIpc) is 2.44. The molecule has 0 radical (unpaired) electrons. The normalized spacial score (nSPS) is 13.7. The number of anilines is 1. The fourth-order valence-corrected chi connectivity index (χ4v) is 1.74. The van der Waals surface area contributed by atoms with Crippen LogP contribution < -0.4 is 5.32 Å². The van der Waals surface area contributed by atoms with E-state index in [9.17, 15) is 13.2 Å². The molecule has 1 unspecified atom stereocenters. The second-order valence-electron chi connectivity index (χ2n) is 4.37. The van der Waals surface area contributed by atoms with Gasteiger partial charge in [0, 0.05) is 11.6 Å². The zero-order valence-electron chi connectivity index (χ0n) is 10.7. The van der Waals surface area contributed by atoms with Crippen molar-refractivity contribution < 1.29 is 18.3 Å². The van der Waals surface area contributed by atoms with Gasteiger partial charge in [-0.15, -0.1) is 0 Å². The Morgan fingerprint density at radius 1 is 1.39 bits per heavy atom. The number of aliphatic hydroxyl groups excluding tert-OH is 1. The predicted octanol–water partition coefficient (Wildman–Crippen LogP) is 2.25. The number of nitrogens with one attached hydrogen (secondary N) is 1. The van der Waals surface area contributed by atoms with Crippen molar-refractivity contribution >= 4 is 5.82 Å². The third-order valence-electron chi connectivity index (χ3n) is 2.66. The third kappa shape index (κ3) is 3.90. The van der Waals surface area contributed by atoms with Crippen molar-refractivity contribution in [2.24, 2.45) is 0 Å². The molecule has 2 N–H and O–H groups in total. The third-order valence-corrected chi connectivity index (χ3v) is 2.66. The van der Waals surface area contributed by atoms with Gasteiger partial charge in [0.25, 0.3) is 0 Å². The summed E-state index contributed by atoms with van der Waals surface area (Å²) < 4.78 is 38.3. The van der Waals surface area contributed by atoms with Gasteiger partial charge in [-0.25, -0.2) is 4.68 Å². The second-order valence-corrected chi connectivity index (χ2v) is 4.37. The van der Waals surface area contributed by atoms with E-state index in [-0.39, 0.29) is 13.2 Å². The second kappa shape index (κ2) is 5.60. The SMILES string of the molecule is Cc1nn(CCO)c(NC(C)CC(F)(F)F)c1C. The van der Waals surface area contributed by atoms with E-state index in [0.29, 0.717) is 5.82 Å². The van der Waals surface area contributed by atoms with Crippen LogP contribution in [-0.2, 0) is 6.54 Å². The van der Waals surface area contributed by atoms with E-state index < -0.39 is 18.6 Å². The zero-order chi connectivity index (χ0) is 13.9. The molecule has 0 saturated carbocycles. The van der Waals surface area contributed by atoms with Gasteiger partial charge < -0.3 is 10.4 Å². The summed E-state index contributed by atoms with van der Waals surface area (Å²) in [5, 5.41) is 15.9. The van der Waals surface area contributed by atoms with Crippen molar-refractivity contribution in [3.05, 3.63) is 11.3 Å². The Kier molecular flexibility index (Phi) is 4.61. The maximum atomic E-state index is 12.3. The summed E-state index contributed by atoms with van der Waals surface area (Å²) in [5.74, 6) is 0.540. The van der Waals surface area contributed by atoms with Crippen LogP contribution in [0.4, 0.5) is 19.0 Å². The Balaban J connectivity index is 2.82. The molecule has 0 saturated heterocycles. The van der Waals surface area contributed by atoms with Crippen molar-refractivity contribution in [2.45, 2.75) is 46.0 Å². The molecule has 0 aliphatic heterocycles. The summed E-state index contributed by atoms with van der Waals surface area (Å²) in [7, 11) is 0. The lowest BCUT2D eigenvalue weighted by Crippen LogP contribution is -2.25. The fourth-order valence-electron chi connectivity index (χ4n) is 1.74. The number of hydrogen-bond acceptors (Lipinski definition) is 3. The molecular weight excluding hydrogens is 247 g/mol. The fraction of sp³-hybridized carbons (Fsp3) is 0.727. The van der Waals surface area contributed by atoms with Gasteiger partial charge in [-0.1, -0.05) is 0 Å². The van der Waals surface area contributed by atoms with Crippen LogP contribution in [0.1, 0.15) is 24.6 Å². The zero-order valence-corrected chi connectivity index (χ0v) is 10.7. The summed E-state index contributed by atoms with van der Waals surface area (Å²) in [4.78, 5) is 0. The Bertz CT molecular complexity index is 401. The van der Waals surface area contributed by atoms with Crippen molar-refractivity contribution in [1.82, 2.24) is 9.78 Å². The van der Waals surface area contributed by atoms with Crippen LogP contribution in [0.5, 0.6) is 0 Å². The Morgan fingerprint density at radius 3 is 2.50 bits per heavy atom. The van der Waals surface area contributed by atoms with Crippen molar-refractivity contribution in [2.75, 3.05) is 11.9 Å². The van der Waals surface area contributed by atoms with Crippen LogP contribution in [0, 0.1) is 13.8 Å². The first-order valence-electron chi connectivity index (χ1n) is 5.72. The molecule has 0 aliphatic carbocycles. The molecule has 4 nitrogen and oxygen atoms in total. The van der Waals surface area contributed by atoms with E-state index in [1.807, 2.05) is 0 Å². The molecule has 0 aromatic carbocycles. The van der Waals surface area contributed by atoms with Gasteiger partial charge in [0.1, 0.15) is 5.82 Å². The lowest BCUT2D eigenvalue weighted by Gasteiger charge is -2.18. The average molecular weight is 265 g/mol. The summed E-state index contributed by atoms with van der Waals surface area (Å²) in [6.07, 6.45) is -5.10. The van der Waals surface area contributed by atoms with E-state index in [0.717, 1.165) is 11.3 Å². The first-order chi connectivity index (χ1) is 8.24. The topological polar surface area (TPSA) is 50.1 Å². The molecule has 1 aromatic rings. The van der Waals surface area contributed by atoms with Crippen LogP contribution in [0.2, 0.25) is 0 Å². The smallest absolute Gasteiger partial charge is 0.391 e. The van der Waals surface area contributed by atoms with E-state index >= 15 is 0 Å². The molecule has 1 heterocycles. The molecule has 0 bridgehead atoms. The summed E-state index contributed by atoms with van der Waals surface area (Å²) >= 11 is 0. The molecule has 0 aliphatic rings. The molecule has 1 atom stereocenters. The minimum absolute atomic E-state index is 0.108. The van der Waals surface area contributed by atoms with Crippen molar-refractivity contribution in [3.8, 4) is 0 Å². The van der Waals surface area contributed by atoms with Crippen molar-refractivity contribution in [1.29, 1.82) is 0 Å². The largest absolute Gasteiger partial charge is 0.394 e. The minimum atomic E-state index is -4.20. The van der Waals surface area contributed by atoms with Crippen LogP contribution in [0.25, 0.3) is 0 Å². The maximum Gasteiger partial charge on any atom is 0.391 e. The first-order valence-corrected chi connectivity index (χ1v) is 5.72. The standard InChI is InChI=1S/C11H18F3N3O/c1-7(6-11(12,13)14)15-10-8(2)9(3)16-17(10)4-5-18/h7,15,18H,4-6H2,1-3H3. The van der Waals surface area contributed by atoms with Crippen LogP contribution >= 0.6 is 0 Å². The number of nitrogens with zero attached hydrogens (tertiary/aromatic N) is 2. The van der Waals surface area contributed by atoms with Crippen LogP contribution in [0.15, 0.2) is 0 Å². The highest BCUT2D eigenvalue weighted by Crippen LogP contribution is 2.25. The van der Waals surface area contributed by atoms with Gasteiger partial charge in [0.15, 0.2) is 0 Å². The van der Waals surface area contributed by atoms with Crippen LogP contribution in [-0.4, -0.2) is 33.7 Å². The monoisotopic (exact) mass is 265 g/mol. The van der Waals surface area contributed by atoms with Gasteiger partial charge in [-0.2, -0.15) is 18.3 Å². The Morgan fingerprint density at radius 2 is 2.00 bits per heavy atom. The molecule has 0 amide bonds. The molecule has 7 heteroatoms. The van der Waals surface area contributed by atoms with E-state index in [1.54, 1.807) is 13.8 Å². The summed E-state index contributed by atoms with van der Waals surface area (Å²) in [6, 6.07) is -0.739. The highest BCUT2D eigenvalue weighted by molar-refractivity contribution is 5.47. The number of alkyl halides is 3. The number of hydrogen-bond donors (Lipinski definition) is 2. The van der Waals surface area contributed by atoms with Gasteiger partial charge in [0.2, 0.25) is 0 Å². The van der Waals surface area contributed by atoms with Gasteiger partial charge in [0.05, 0.1) is 25.3 Å². The molecule has 0 fully saturated rings. The van der Waals surface area contributed by atoms with Gasteiger partial charge in [-0.05, 0) is 20.8 Å². The first kappa shape index (κ1) is 14.8. The summed E-state index contributed by atoms with van der Waals surface area (Å²) in [6.45, 7) is 5.19. The molecule has 0 spiro atoms. The lowest BCUT2D eigenvalue weighted by atomic mass is 10.2. The summed E-state index contributed by atoms with van der Waals surface area (Å²) in [5.41, 5.74) is 1.54. The quantitative estimate of drug-likeness (QED) is 0.858. The van der Waals surface area contributed by atoms with Gasteiger partial charge in [-0.3, -0.25) is 0 Å². The number of aromatic nitrogens is 2. The molecule has 104 valence electrons.